The third kappa shape index (κ3) is 3.83. The Hall–Kier alpha value is -2.99. The lowest BCUT2D eigenvalue weighted by Gasteiger charge is -2.60. The molecule has 8 nitrogen and oxygen atoms in total. The van der Waals surface area contributed by atoms with Crippen LogP contribution in [-0.4, -0.2) is 68.0 Å². The molecule has 0 bridgehead atoms. The van der Waals surface area contributed by atoms with Crippen LogP contribution in [0, 0.1) is 17.2 Å². The Morgan fingerprint density at radius 3 is 2.35 bits per heavy atom. The summed E-state index contributed by atoms with van der Waals surface area (Å²) in [5, 5.41) is 9.56. The Bertz CT molecular complexity index is 1340. The van der Waals surface area contributed by atoms with Crippen LogP contribution < -0.4 is 9.80 Å². The SMILES string of the molecule is Fc1cnc(N2CC3(C2)CN(c2nnc4n2-c2ccc(Cl)cc2CN(C2CC(C(F)(F)F)C2)C4)C3)nc1. The molecule has 3 aliphatic heterocycles. The lowest BCUT2D eigenvalue weighted by molar-refractivity contribution is -0.207. The molecule has 1 aromatic carbocycles. The molecule has 0 N–H and O–H groups in total. The average Bonchev–Trinajstić information content (AvgIpc) is 3.07. The minimum Gasteiger partial charge on any atom is -0.339 e. The van der Waals surface area contributed by atoms with Crippen LogP contribution in [0.4, 0.5) is 29.5 Å². The van der Waals surface area contributed by atoms with E-state index in [0.717, 1.165) is 43.4 Å². The maximum absolute atomic E-state index is 13.1. The highest BCUT2D eigenvalue weighted by atomic mass is 35.5. The van der Waals surface area contributed by atoms with Crippen LogP contribution in [0.15, 0.2) is 30.6 Å². The van der Waals surface area contributed by atoms with Gasteiger partial charge in [-0.15, -0.1) is 10.2 Å². The lowest BCUT2D eigenvalue weighted by atomic mass is 9.73. The van der Waals surface area contributed by atoms with Gasteiger partial charge < -0.3 is 9.80 Å². The second kappa shape index (κ2) is 8.00. The van der Waals surface area contributed by atoms with E-state index >= 15 is 0 Å². The molecule has 0 unspecified atom stereocenters. The van der Waals surface area contributed by atoms with Crippen LogP contribution in [0.2, 0.25) is 5.02 Å². The molecule has 0 amide bonds. The van der Waals surface area contributed by atoms with Gasteiger partial charge in [0.15, 0.2) is 11.6 Å². The third-order valence-corrected chi connectivity index (χ3v) is 8.32. The fourth-order valence-electron chi connectivity index (χ4n) is 6.11. The summed E-state index contributed by atoms with van der Waals surface area (Å²) in [7, 11) is 0. The molecule has 5 heterocycles. The van der Waals surface area contributed by atoms with Crippen molar-refractivity contribution in [3.63, 3.8) is 0 Å². The van der Waals surface area contributed by atoms with Crippen LogP contribution in [0.5, 0.6) is 0 Å². The number of alkyl halides is 3. The molecule has 0 atom stereocenters. The first kappa shape index (κ1) is 23.2. The molecule has 194 valence electrons. The zero-order valence-corrected chi connectivity index (χ0v) is 20.4. The van der Waals surface area contributed by atoms with E-state index in [2.05, 4.69) is 30.0 Å². The zero-order valence-electron chi connectivity index (χ0n) is 19.7. The van der Waals surface area contributed by atoms with Crippen molar-refractivity contribution in [3.05, 3.63) is 52.8 Å². The fraction of sp³-hybridized carbons (Fsp3) is 0.500. The monoisotopic (exact) mass is 534 g/mol. The van der Waals surface area contributed by atoms with Gasteiger partial charge in [0.1, 0.15) is 0 Å². The number of hydrogen-bond acceptors (Lipinski definition) is 7. The summed E-state index contributed by atoms with van der Waals surface area (Å²) in [6, 6.07) is 5.47. The van der Waals surface area contributed by atoms with E-state index in [4.69, 9.17) is 11.6 Å². The molecule has 37 heavy (non-hydrogen) atoms. The summed E-state index contributed by atoms with van der Waals surface area (Å²) >= 11 is 6.31. The van der Waals surface area contributed by atoms with Gasteiger partial charge in [-0.05, 0) is 36.6 Å². The Balaban J connectivity index is 1.11. The van der Waals surface area contributed by atoms with Crippen molar-refractivity contribution in [2.45, 2.75) is 38.1 Å². The molecule has 0 radical (unpaired) electrons. The largest absolute Gasteiger partial charge is 0.391 e. The van der Waals surface area contributed by atoms with E-state index in [-0.39, 0.29) is 24.3 Å². The van der Waals surface area contributed by atoms with Crippen LogP contribution in [-0.2, 0) is 13.1 Å². The second-order valence-electron chi connectivity index (χ2n) is 10.7. The van der Waals surface area contributed by atoms with E-state index in [1.54, 1.807) is 0 Å². The van der Waals surface area contributed by atoms with Crippen molar-refractivity contribution in [1.82, 2.24) is 29.6 Å². The minimum atomic E-state index is -4.15. The van der Waals surface area contributed by atoms with Gasteiger partial charge in [-0.25, -0.2) is 14.4 Å². The smallest absolute Gasteiger partial charge is 0.339 e. The van der Waals surface area contributed by atoms with E-state index < -0.39 is 17.9 Å². The van der Waals surface area contributed by atoms with Gasteiger partial charge in [-0.2, -0.15) is 13.2 Å². The van der Waals surface area contributed by atoms with Crippen molar-refractivity contribution in [1.29, 1.82) is 0 Å². The van der Waals surface area contributed by atoms with E-state index in [1.165, 1.54) is 12.4 Å². The summed E-state index contributed by atoms with van der Waals surface area (Å²) in [5.41, 5.74) is 1.94. The number of benzene rings is 1. The highest BCUT2D eigenvalue weighted by Gasteiger charge is 2.54. The summed E-state index contributed by atoms with van der Waals surface area (Å²) in [6.07, 6.45) is -1.60. The highest BCUT2D eigenvalue weighted by molar-refractivity contribution is 6.30. The number of hydrogen-bond donors (Lipinski definition) is 0. The van der Waals surface area contributed by atoms with Crippen molar-refractivity contribution < 1.29 is 17.6 Å². The maximum Gasteiger partial charge on any atom is 0.391 e. The second-order valence-corrected chi connectivity index (χ2v) is 11.1. The molecule has 2 aromatic heterocycles. The summed E-state index contributed by atoms with van der Waals surface area (Å²) in [6.45, 7) is 4.04. The normalized spacial score (nSPS) is 24.6. The molecule has 1 spiro atoms. The van der Waals surface area contributed by atoms with Gasteiger partial charge >= 0.3 is 6.18 Å². The molecule has 1 saturated carbocycles. The number of aromatic nitrogens is 5. The molecule has 1 aliphatic carbocycles. The highest BCUT2D eigenvalue weighted by Crippen LogP contribution is 2.46. The quantitative estimate of drug-likeness (QED) is 0.473. The van der Waals surface area contributed by atoms with Gasteiger partial charge in [0.25, 0.3) is 0 Å². The van der Waals surface area contributed by atoms with Crippen molar-refractivity contribution in [2.75, 3.05) is 36.0 Å². The molecule has 4 aliphatic rings. The Labute approximate surface area is 214 Å². The van der Waals surface area contributed by atoms with Crippen LogP contribution >= 0.6 is 11.6 Å². The molecule has 13 heteroatoms. The number of halogens is 5. The number of anilines is 2. The topological polar surface area (TPSA) is 66.2 Å². The Kier molecular flexibility index (Phi) is 5.01. The molecule has 3 aromatic rings. The molecule has 7 rings (SSSR count). The molecular formula is C24H23ClF4N8. The van der Waals surface area contributed by atoms with E-state index in [9.17, 15) is 17.6 Å². The molecule has 3 fully saturated rings. The Morgan fingerprint density at radius 1 is 0.946 bits per heavy atom. The minimum absolute atomic E-state index is 0.0856. The van der Waals surface area contributed by atoms with E-state index in [1.807, 2.05) is 27.7 Å². The number of nitrogens with zero attached hydrogens (tertiary/aromatic N) is 8. The van der Waals surface area contributed by atoms with Crippen molar-refractivity contribution in [2.24, 2.45) is 11.3 Å². The molecular weight excluding hydrogens is 512 g/mol. The third-order valence-electron chi connectivity index (χ3n) is 8.08. The summed E-state index contributed by atoms with van der Waals surface area (Å²) in [5.74, 6) is 0.259. The predicted octanol–water partition coefficient (Wildman–Crippen LogP) is 3.83. The predicted molar refractivity (Wildman–Crippen MR) is 127 cm³/mol. The van der Waals surface area contributed by atoms with Crippen molar-refractivity contribution >= 4 is 23.5 Å². The standard InChI is InChI=1S/C24H23ClF4N8/c25-16-1-2-19-14(3-16)8-34(18-4-15(5-18)24(27,28)29)9-20-32-33-22(37(19)20)36-12-23(13-36)10-35(11-23)21-30-6-17(26)7-31-21/h1-3,6-7,15,18H,4-5,8-13H2. The maximum atomic E-state index is 13.1. The summed E-state index contributed by atoms with van der Waals surface area (Å²) < 4.78 is 54.6. The summed E-state index contributed by atoms with van der Waals surface area (Å²) in [4.78, 5) is 14.4. The zero-order chi connectivity index (χ0) is 25.5. The van der Waals surface area contributed by atoms with Gasteiger partial charge in [-0.1, -0.05) is 11.6 Å². The van der Waals surface area contributed by atoms with E-state index in [0.29, 0.717) is 29.9 Å². The van der Waals surface area contributed by atoms with Crippen molar-refractivity contribution in [3.8, 4) is 5.69 Å². The van der Waals surface area contributed by atoms with Gasteiger partial charge in [0.2, 0.25) is 11.9 Å². The first-order valence-electron chi connectivity index (χ1n) is 12.2. The average molecular weight is 535 g/mol. The Morgan fingerprint density at radius 2 is 1.65 bits per heavy atom. The molecule has 2 saturated heterocycles. The lowest BCUT2D eigenvalue weighted by Crippen LogP contribution is -2.73. The van der Waals surface area contributed by atoms with Gasteiger partial charge in [0.05, 0.1) is 30.5 Å². The van der Waals surface area contributed by atoms with Crippen LogP contribution in [0.3, 0.4) is 0 Å². The first-order chi connectivity index (χ1) is 17.7. The van der Waals surface area contributed by atoms with Gasteiger partial charge in [0, 0.05) is 49.2 Å². The van der Waals surface area contributed by atoms with Crippen LogP contribution in [0.1, 0.15) is 24.2 Å². The fourth-order valence-corrected chi connectivity index (χ4v) is 6.30. The van der Waals surface area contributed by atoms with Crippen LogP contribution in [0.25, 0.3) is 5.69 Å². The number of rotatable bonds is 3. The first-order valence-corrected chi connectivity index (χ1v) is 12.6. The number of fused-ring (bicyclic) bond motifs is 3. The van der Waals surface area contributed by atoms with Gasteiger partial charge in [-0.3, -0.25) is 9.47 Å².